The average molecular weight is 202 g/mol. The van der Waals surface area contributed by atoms with Crippen LogP contribution in [-0.2, 0) is 4.74 Å². The molecule has 0 bridgehead atoms. The Morgan fingerprint density at radius 2 is 2.43 bits per heavy atom. The Bertz CT molecular complexity index is 149. The molecule has 1 heterocycles. The molecule has 2 unspecified atom stereocenters. The van der Waals surface area contributed by atoms with Crippen LogP contribution in [0.2, 0.25) is 0 Å². The Morgan fingerprint density at radius 3 is 3.00 bits per heavy atom. The van der Waals surface area contributed by atoms with Gasteiger partial charge in [-0.2, -0.15) is 0 Å². The summed E-state index contributed by atoms with van der Waals surface area (Å²) in [4.78, 5) is 2.16. The lowest BCUT2D eigenvalue weighted by Gasteiger charge is -2.23. The molecular weight excluding hydrogens is 180 g/mol. The predicted octanol–water partition coefficient (Wildman–Crippen LogP) is -0.322. The number of rotatable bonds is 6. The van der Waals surface area contributed by atoms with E-state index in [1.54, 1.807) is 7.11 Å². The monoisotopic (exact) mass is 202 g/mol. The number of nitrogens with one attached hydrogen (secondary N) is 1. The number of ether oxygens (including phenoxy) is 1. The molecule has 1 aliphatic heterocycles. The molecule has 2 atom stereocenters. The lowest BCUT2D eigenvalue weighted by atomic mass is 10.2. The SMILES string of the molecule is COCC(O)CN(C)CC1CCCN1. The van der Waals surface area contributed by atoms with Crippen LogP contribution in [0, 0.1) is 0 Å². The van der Waals surface area contributed by atoms with Crippen LogP contribution in [0.25, 0.3) is 0 Å². The maximum Gasteiger partial charge on any atom is 0.0899 e. The number of hydrogen-bond donors (Lipinski definition) is 2. The van der Waals surface area contributed by atoms with E-state index < -0.39 is 0 Å². The highest BCUT2D eigenvalue weighted by molar-refractivity contribution is 4.77. The zero-order valence-electron chi connectivity index (χ0n) is 9.20. The Balaban J connectivity index is 2.10. The molecule has 84 valence electrons. The second-order valence-electron chi connectivity index (χ2n) is 4.12. The summed E-state index contributed by atoms with van der Waals surface area (Å²) in [6.45, 7) is 3.26. The minimum atomic E-state index is -0.369. The lowest BCUT2D eigenvalue weighted by molar-refractivity contribution is 0.0419. The van der Waals surface area contributed by atoms with E-state index in [0.29, 0.717) is 19.2 Å². The van der Waals surface area contributed by atoms with E-state index in [0.717, 1.165) is 13.1 Å². The number of aliphatic hydroxyl groups excluding tert-OH is 1. The summed E-state index contributed by atoms with van der Waals surface area (Å²) < 4.78 is 4.88. The van der Waals surface area contributed by atoms with Gasteiger partial charge in [0.05, 0.1) is 12.7 Å². The van der Waals surface area contributed by atoms with Gasteiger partial charge in [0.2, 0.25) is 0 Å². The van der Waals surface area contributed by atoms with Gasteiger partial charge in [-0.1, -0.05) is 0 Å². The van der Waals surface area contributed by atoms with Gasteiger partial charge in [0.25, 0.3) is 0 Å². The van der Waals surface area contributed by atoms with Crippen LogP contribution in [-0.4, -0.2) is 62.6 Å². The van der Waals surface area contributed by atoms with Gasteiger partial charge in [0, 0.05) is 26.2 Å². The van der Waals surface area contributed by atoms with Crippen LogP contribution in [0.4, 0.5) is 0 Å². The second kappa shape index (κ2) is 6.35. The van der Waals surface area contributed by atoms with Crippen molar-refractivity contribution in [1.82, 2.24) is 10.2 Å². The van der Waals surface area contributed by atoms with Crippen LogP contribution in [0.3, 0.4) is 0 Å². The third-order valence-corrected chi connectivity index (χ3v) is 2.58. The molecule has 14 heavy (non-hydrogen) atoms. The summed E-state index contributed by atoms with van der Waals surface area (Å²) in [5, 5.41) is 12.9. The molecule has 0 aromatic carbocycles. The molecule has 0 aromatic heterocycles. The molecule has 0 radical (unpaired) electrons. The normalized spacial score (nSPS) is 24.4. The van der Waals surface area contributed by atoms with Crippen molar-refractivity contribution in [2.24, 2.45) is 0 Å². The fraction of sp³-hybridized carbons (Fsp3) is 1.00. The van der Waals surface area contributed by atoms with E-state index in [9.17, 15) is 5.11 Å². The quantitative estimate of drug-likeness (QED) is 0.619. The van der Waals surface area contributed by atoms with Crippen LogP contribution in [0.5, 0.6) is 0 Å². The third-order valence-electron chi connectivity index (χ3n) is 2.58. The summed E-state index contributed by atoms with van der Waals surface area (Å²) in [6.07, 6.45) is 2.16. The van der Waals surface area contributed by atoms with Crippen molar-refractivity contribution in [3.8, 4) is 0 Å². The van der Waals surface area contributed by atoms with Crippen molar-refractivity contribution in [2.75, 3.05) is 40.4 Å². The highest BCUT2D eigenvalue weighted by Crippen LogP contribution is 2.06. The van der Waals surface area contributed by atoms with Crippen molar-refractivity contribution in [2.45, 2.75) is 25.0 Å². The third kappa shape index (κ3) is 4.37. The van der Waals surface area contributed by atoms with Gasteiger partial charge < -0.3 is 20.1 Å². The molecule has 1 fully saturated rings. The molecule has 0 aromatic rings. The van der Waals surface area contributed by atoms with Crippen molar-refractivity contribution in [3.63, 3.8) is 0 Å². The van der Waals surface area contributed by atoms with Gasteiger partial charge in [-0.15, -0.1) is 0 Å². The smallest absolute Gasteiger partial charge is 0.0899 e. The van der Waals surface area contributed by atoms with E-state index >= 15 is 0 Å². The fourth-order valence-electron chi connectivity index (χ4n) is 1.97. The first-order valence-electron chi connectivity index (χ1n) is 5.31. The van der Waals surface area contributed by atoms with E-state index in [1.165, 1.54) is 12.8 Å². The van der Waals surface area contributed by atoms with Crippen LogP contribution in [0.1, 0.15) is 12.8 Å². The Morgan fingerprint density at radius 1 is 1.64 bits per heavy atom. The molecule has 1 saturated heterocycles. The van der Waals surface area contributed by atoms with Crippen molar-refractivity contribution >= 4 is 0 Å². The predicted molar refractivity (Wildman–Crippen MR) is 56.4 cm³/mol. The summed E-state index contributed by atoms with van der Waals surface area (Å²) in [6, 6.07) is 0.606. The molecule has 4 nitrogen and oxygen atoms in total. The number of nitrogens with zero attached hydrogens (tertiary/aromatic N) is 1. The maximum absolute atomic E-state index is 9.51. The highest BCUT2D eigenvalue weighted by Gasteiger charge is 2.17. The molecule has 0 amide bonds. The molecule has 1 rings (SSSR count). The summed E-state index contributed by atoms with van der Waals surface area (Å²) in [7, 11) is 3.65. The first-order valence-corrected chi connectivity index (χ1v) is 5.31. The van der Waals surface area contributed by atoms with Gasteiger partial charge in [0.1, 0.15) is 0 Å². The molecule has 0 spiro atoms. The lowest BCUT2D eigenvalue weighted by Crippen LogP contribution is -2.40. The first kappa shape index (κ1) is 11.9. The summed E-state index contributed by atoms with van der Waals surface area (Å²) >= 11 is 0. The van der Waals surface area contributed by atoms with Crippen LogP contribution >= 0.6 is 0 Å². The first-order chi connectivity index (χ1) is 6.72. The Labute approximate surface area is 86.2 Å². The van der Waals surface area contributed by atoms with E-state index in [4.69, 9.17) is 4.74 Å². The highest BCUT2D eigenvalue weighted by atomic mass is 16.5. The van der Waals surface area contributed by atoms with Crippen LogP contribution < -0.4 is 5.32 Å². The maximum atomic E-state index is 9.51. The average Bonchev–Trinajstić information content (AvgIpc) is 2.56. The minimum Gasteiger partial charge on any atom is -0.389 e. The number of aliphatic hydroxyl groups is 1. The van der Waals surface area contributed by atoms with E-state index in [-0.39, 0.29) is 6.10 Å². The number of methoxy groups -OCH3 is 1. The molecule has 0 saturated carbocycles. The van der Waals surface area contributed by atoms with Gasteiger partial charge >= 0.3 is 0 Å². The van der Waals surface area contributed by atoms with Crippen molar-refractivity contribution in [3.05, 3.63) is 0 Å². The van der Waals surface area contributed by atoms with Gasteiger partial charge in [-0.25, -0.2) is 0 Å². The molecule has 4 heteroatoms. The zero-order chi connectivity index (χ0) is 10.4. The van der Waals surface area contributed by atoms with E-state index in [2.05, 4.69) is 10.2 Å². The van der Waals surface area contributed by atoms with Gasteiger partial charge in [-0.05, 0) is 26.4 Å². The van der Waals surface area contributed by atoms with E-state index in [1.807, 2.05) is 7.05 Å². The van der Waals surface area contributed by atoms with Crippen molar-refractivity contribution < 1.29 is 9.84 Å². The topological polar surface area (TPSA) is 44.7 Å². The van der Waals surface area contributed by atoms with Gasteiger partial charge in [-0.3, -0.25) is 0 Å². The minimum absolute atomic E-state index is 0.369. The Hall–Kier alpha value is -0.160. The molecular formula is C10H22N2O2. The second-order valence-corrected chi connectivity index (χ2v) is 4.12. The summed E-state index contributed by atoms with van der Waals surface area (Å²) in [5.41, 5.74) is 0. The number of likely N-dealkylation sites (N-methyl/N-ethyl adjacent to an activating group) is 1. The molecule has 2 N–H and O–H groups in total. The Kier molecular flexibility index (Phi) is 5.40. The standard InChI is InChI=1S/C10H22N2O2/c1-12(7-10(13)8-14-2)6-9-4-3-5-11-9/h9-11,13H,3-8H2,1-2H3. The summed E-state index contributed by atoms with van der Waals surface area (Å²) in [5.74, 6) is 0. The number of hydrogen-bond acceptors (Lipinski definition) is 4. The fourth-order valence-corrected chi connectivity index (χ4v) is 1.97. The largest absolute Gasteiger partial charge is 0.389 e. The molecule has 1 aliphatic rings. The zero-order valence-corrected chi connectivity index (χ0v) is 9.20. The van der Waals surface area contributed by atoms with Crippen molar-refractivity contribution in [1.29, 1.82) is 0 Å². The van der Waals surface area contributed by atoms with Crippen LogP contribution in [0.15, 0.2) is 0 Å². The molecule has 0 aliphatic carbocycles. The van der Waals surface area contributed by atoms with Gasteiger partial charge in [0.15, 0.2) is 0 Å².